The first-order valence-electron chi connectivity index (χ1n) is 15.7. The van der Waals surface area contributed by atoms with Crippen LogP contribution in [0.4, 0.5) is 0 Å². The lowest BCUT2D eigenvalue weighted by Crippen LogP contribution is -2.26. The Morgan fingerprint density at radius 1 is 0.667 bits per heavy atom. The maximum Gasteiger partial charge on any atom is -0.0381 e. The summed E-state index contributed by atoms with van der Waals surface area (Å²) in [4.78, 5) is 0. The molecule has 0 radical (unpaired) electrons. The van der Waals surface area contributed by atoms with Crippen molar-refractivity contribution in [2.75, 3.05) is 0 Å². The lowest BCUT2D eigenvalue weighted by molar-refractivity contribution is 0.139. The van der Waals surface area contributed by atoms with Crippen molar-refractivity contribution < 1.29 is 0 Å². The highest BCUT2D eigenvalue weighted by Crippen LogP contribution is 2.41. The molecule has 0 aromatic rings. The molecule has 4 unspecified atom stereocenters. The van der Waals surface area contributed by atoms with Gasteiger partial charge >= 0.3 is 0 Å². The Labute approximate surface area is 213 Å². The zero-order valence-corrected chi connectivity index (χ0v) is 25.6. The summed E-state index contributed by atoms with van der Waals surface area (Å²) in [5.74, 6) is 6.70. The summed E-state index contributed by atoms with van der Waals surface area (Å²) in [5, 5.41) is 0. The Hall–Kier alpha value is 0. The zero-order chi connectivity index (χ0) is 25.6. The Kier molecular flexibility index (Phi) is 25.3. The van der Waals surface area contributed by atoms with Crippen molar-refractivity contribution in [3.8, 4) is 0 Å². The van der Waals surface area contributed by atoms with Crippen molar-refractivity contribution in [1.82, 2.24) is 0 Å². The average molecular weight is 467 g/mol. The molecule has 1 aliphatic carbocycles. The van der Waals surface area contributed by atoms with Gasteiger partial charge in [0.2, 0.25) is 0 Å². The first kappa shape index (κ1) is 35.2. The van der Waals surface area contributed by atoms with Gasteiger partial charge in [-0.1, -0.05) is 147 Å². The van der Waals surface area contributed by atoms with Gasteiger partial charge in [-0.25, -0.2) is 0 Å². The van der Waals surface area contributed by atoms with Crippen molar-refractivity contribution in [2.24, 2.45) is 41.4 Å². The Morgan fingerprint density at radius 2 is 1.21 bits per heavy atom. The molecule has 0 aromatic carbocycles. The van der Waals surface area contributed by atoms with E-state index in [-0.39, 0.29) is 0 Å². The Morgan fingerprint density at radius 3 is 1.67 bits per heavy atom. The third-order valence-corrected chi connectivity index (χ3v) is 7.89. The van der Waals surface area contributed by atoms with E-state index in [0.29, 0.717) is 0 Å². The fourth-order valence-electron chi connectivity index (χ4n) is 5.56. The second-order valence-electron chi connectivity index (χ2n) is 12.4. The minimum atomic E-state index is 0.863. The fourth-order valence-corrected chi connectivity index (χ4v) is 5.56. The van der Waals surface area contributed by atoms with E-state index >= 15 is 0 Å². The second kappa shape index (κ2) is 23.7. The molecule has 4 atom stereocenters. The highest BCUT2D eigenvalue weighted by Gasteiger charge is 2.30. The van der Waals surface area contributed by atoms with Crippen molar-refractivity contribution in [3.05, 3.63) is 0 Å². The highest BCUT2D eigenvalue weighted by atomic mass is 14.4. The third-order valence-electron chi connectivity index (χ3n) is 7.89. The third kappa shape index (κ3) is 19.9. The van der Waals surface area contributed by atoms with E-state index in [2.05, 4.69) is 76.2 Å². The smallest absolute Gasteiger partial charge is 0.0381 e. The molecule has 0 aliphatic heterocycles. The van der Waals surface area contributed by atoms with E-state index in [0.717, 1.165) is 41.4 Å². The summed E-state index contributed by atoms with van der Waals surface area (Å²) in [5.41, 5.74) is 0. The van der Waals surface area contributed by atoms with E-state index in [1.807, 2.05) is 0 Å². The molecule has 0 saturated heterocycles. The summed E-state index contributed by atoms with van der Waals surface area (Å²) in [6.45, 7) is 25.6. The Bertz CT molecular complexity index is 360. The predicted molar refractivity (Wildman–Crippen MR) is 156 cm³/mol. The van der Waals surface area contributed by atoms with Crippen molar-refractivity contribution in [3.63, 3.8) is 0 Å². The van der Waals surface area contributed by atoms with Crippen molar-refractivity contribution >= 4 is 0 Å². The quantitative estimate of drug-likeness (QED) is 0.239. The number of rotatable bonds is 14. The van der Waals surface area contributed by atoms with Gasteiger partial charge in [0.05, 0.1) is 0 Å². The van der Waals surface area contributed by atoms with Gasteiger partial charge < -0.3 is 0 Å². The van der Waals surface area contributed by atoms with E-state index in [9.17, 15) is 0 Å². The fraction of sp³-hybridized carbons (Fsp3) is 1.00. The van der Waals surface area contributed by atoms with Crippen LogP contribution >= 0.6 is 0 Å². The molecule has 202 valence electrons. The maximum absolute atomic E-state index is 2.59. The minimum absolute atomic E-state index is 0.863. The van der Waals surface area contributed by atoms with Crippen LogP contribution in [0.25, 0.3) is 0 Å². The molecule has 0 bridgehead atoms. The van der Waals surface area contributed by atoms with Crippen LogP contribution in [0.3, 0.4) is 0 Å². The molecule has 0 heteroatoms. The van der Waals surface area contributed by atoms with E-state index in [4.69, 9.17) is 0 Å². The molecule has 0 N–H and O–H groups in total. The highest BCUT2D eigenvalue weighted by molar-refractivity contribution is 4.81. The molecular weight excluding hydrogens is 396 g/mol. The van der Waals surface area contributed by atoms with E-state index < -0.39 is 0 Å². The van der Waals surface area contributed by atoms with Crippen LogP contribution in [0.15, 0.2) is 0 Å². The van der Waals surface area contributed by atoms with E-state index in [1.165, 1.54) is 96.3 Å². The molecule has 0 nitrogen and oxygen atoms in total. The van der Waals surface area contributed by atoms with Gasteiger partial charge in [0.25, 0.3) is 0 Å². The van der Waals surface area contributed by atoms with Crippen LogP contribution in [0.2, 0.25) is 0 Å². The SMILES string of the molecule is CCC.CCC.CCCCC(CC(CC(C)C)C1CCC(C)CC1)C(C)CCCC(C)CC. The van der Waals surface area contributed by atoms with Crippen molar-refractivity contribution in [2.45, 2.75) is 172 Å². The zero-order valence-electron chi connectivity index (χ0n) is 25.6. The molecule has 1 aliphatic rings. The van der Waals surface area contributed by atoms with Crippen molar-refractivity contribution in [1.29, 1.82) is 0 Å². The van der Waals surface area contributed by atoms with Crippen LogP contribution in [0, 0.1) is 41.4 Å². The summed E-state index contributed by atoms with van der Waals surface area (Å²) < 4.78 is 0. The molecule has 0 spiro atoms. The summed E-state index contributed by atoms with van der Waals surface area (Å²) in [6, 6.07) is 0. The van der Waals surface area contributed by atoms with Gasteiger partial charge in [-0.05, 0) is 67.1 Å². The average Bonchev–Trinajstić information content (AvgIpc) is 2.77. The summed E-state index contributed by atoms with van der Waals surface area (Å²) in [6.07, 6.45) is 21.5. The van der Waals surface area contributed by atoms with Gasteiger partial charge in [0.15, 0.2) is 0 Å². The van der Waals surface area contributed by atoms with Crippen LogP contribution in [-0.4, -0.2) is 0 Å². The lowest BCUT2D eigenvalue weighted by atomic mass is 9.68. The van der Waals surface area contributed by atoms with Gasteiger partial charge in [0, 0.05) is 0 Å². The minimum Gasteiger partial charge on any atom is -0.0656 e. The van der Waals surface area contributed by atoms with Crippen LogP contribution in [0.1, 0.15) is 172 Å². The normalized spacial score (nSPS) is 21.8. The summed E-state index contributed by atoms with van der Waals surface area (Å²) in [7, 11) is 0. The molecule has 1 saturated carbocycles. The molecule has 33 heavy (non-hydrogen) atoms. The van der Waals surface area contributed by atoms with E-state index in [1.54, 1.807) is 0 Å². The molecule has 1 fully saturated rings. The summed E-state index contributed by atoms with van der Waals surface area (Å²) >= 11 is 0. The first-order valence-corrected chi connectivity index (χ1v) is 15.7. The monoisotopic (exact) mass is 467 g/mol. The number of hydrogen-bond donors (Lipinski definition) is 0. The van der Waals surface area contributed by atoms with Crippen LogP contribution in [-0.2, 0) is 0 Å². The Balaban J connectivity index is 0. The molecule has 0 amide bonds. The first-order chi connectivity index (χ1) is 15.7. The molecule has 0 aromatic heterocycles. The number of unbranched alkanes of at least 4 members (excludes halogenated alkanes) is 1. The van der Waals surface area contributed by atoms with Gasteiger partial charge in [0.1, 0.15) is 0 Å². The number of hydrogen-bond acceptors (Lipinski definition) is 0. The molecule has 1 rings (SSSR count). The predicted octanol–water partition coefficient (Wildman–Crippen LogP) is 12.4. The van der Waals surface area contributed by atoms with Gasteiger partial charge in [-0.15, -0.1) is 0 Å². The second-order valence-corrected chi connectivity index (χ2v) is 12.4. The van der Waals surface area contributed by atoms with Gasteiger partial charge in [-0.3, -0.25) is 0 Å². The standard InChI is InChI=1S/C27H54.2C3H8/c1-8-10-14-26(24(7)13-11-12-22(5)9-2)20-27(19-21(3)4)25-17-15-23(6)16-18-25;2*1-3-2/h21-27H,8-20H2,1-7H3;2*3H2,1-2H3. The topological polar surface area (TPSA) is 0 Å². The maximum atomic E-state index is 2.59. The molecular formula is C33H70. The lowest BCUT2D eigenvalue weighted by Gasteiger charge is -2.37. The van der Waals surface area contributed by atoms with Crippen LogP contribution < -0.4 is 0 Å². The largest absolute Gasteiger partial charge is 0.0656 e. The molecule has 0 heterocycles. The van der Waals surface area contributed by atoms with Gasteiger partial charge in [-0.2, -0.15) is 0 Å². The van der Waals surface area contributed by atoms with Crippen LogP contribution in [0.5, 0.6) is 0 Å².